The van der Waals surface area contributed by atoms with E-state index in [9.17, 15) is 18.0 Å². The van der Waals surface area contributed by atoms with Crippen LogP contribution in [0.15, 0.2) is 50.1 Å². The van der Waals surface area contributed by atoms with Crippen LogP contribution in [-0.4, -0.2) is 0 Å². The van der Waals surface area contributed by atoms with Crippen LogP contribution in [0.25, 0.3) is 11.1 Å². The highest BCUT2D eigenvalue weighted by Crippen LogP contribution is 2.31. The normalized spacial score (nSPS) is 11.6. The first-order valence-corrected chi connectivity index (χ1v) is 5.64. The summed E-state index contributed by atoms with van der Waals surface area (Å²) in [7, 11) is 0. The zero-order valence-electron chi connectivity index (χ0n) is 8.79. The molecule has 0 saturated heterocycles. The summed E-state index contributed by atoms with van der Waals surface area (Å²) in [4.78, 5) is 11.1. The standard InChI is InChI=1S/C12H6BrF3O2/c13-9-3-1-7(2-4-9)8-5-10(12(14,15)16)18-11(17)6-8/h1-6H. The summed E-state index contributed by atoms with van der Waals surface area (Å²) in [6, 6.07) is 8.41. The second-order valence-corrected chi connectivity index (χ2v) is 4.45. The summed E-state index contributed by atoms with van der Waals surface area (Å²) in [6.45, 7) is 0. The van der Waals surface area contributed by atoms with Crippen LogP contribution in [0, 0.1) is 0 Å². The highest BCUT2D eigenvalue weighted by Gasteiger charge is 2.34. The molecule has 0 bridgehead atoms. The summed E-state index contributed by atoms with van der Waals surface area (Å²) < 4.78 is 42.4. The van der Waals surface area contributed by atoms with Crippen molar-refractivity contribution in [3.05, 3.63) is 57.1 Å². The predicted octanol–water partition coefficient (Wildman–Crippen LogP) is 4.09. The zero-order valence-corrected chi connectivity index (χ0v) is 10.4. The Labute approximate surface area is 108 Å². The minimum absolute atomic E-state index is 0.172. The molecule has 2 aromatic rings. The van der Waals surface area contributed by atoms with Gasteiger partial charge in [-0.1, -0.05) is 28.1 Å². The quantitative estimate of drug-likeness (QED) is 0.792. The minimum atomic E-state index is -4.68. The summed E-state index contributed by atoms with van der Waals surface area (Å²) in [5.74, 6) is -1.30. The van der Waals surface area contributed by atoms with Crippen molar-refractivity contribution >= 4 is 15.9 Å². The lowest BCUT2D eigenvalue weighted by atomic mass is 10.1. The Balaban J connectivity index is 2.55. The molecule has 0 saturated carbocycles. The van der Waals surface area contributed by atoms with E-state index in [4.69, 9.17) is 0 Å². The molecule has 1 heterocycles. The van der Waals surface area contributed by atoms with Crippen molar-refractivity contribution in [2.75, 3.05) is 0 Å². The minimum Gasteiger partial charge on any atom is -0.418 e. The number of rotatable bonds is 1. The van der Waals surface area contributed by atoms with Crippen LogP contribution >= 0.6 is 15.9 Å². The second kappa shape index (κ2) is 4.61. The highest BCUT2D eigenvalue weighted by molar-refractivity contribution is 9.10. The van der Waals surface area contributed by atoms with E-state index in [1.807, 2.05) is 0 Å². The Morgan fingerprint density at radius 2 is 1.61 bits per heavy atom. The monoisotopic (exact) mass is 318 g/mol. The maximum atomic E-state index is 12.5. The molecule has 0 fully saturated rings. The fraction of sp³-hybridized carbons (Fsp3) is 0.0833. The van der Waals surface area contributed by atoms with Gasteiger partial charge in [0.25, 0.3) is 0 Å². The first-order chi connectivity index (χ1) is 8.36. The van der Waals surface area contributed by atoms with E-state index in [1.54, 1.807) is 24.3 Å². The van der Waals surface area contributed by atoms with Gasteiger partial charge >= 0.3 is 11.8 Å². The molecule has 0 radical (unpaired) electrons. The third kappa shape index (κ3) is 2.81. The fourth-order valence-corrected chi connectivity index (χ4v) is 1.69. The van der Waals surface area contributed by atoms with Crippen LogP contribution in [0.5, 0.6) is 0 Å². The van der Waals surface area contributed by atoms with Crippen LogP contribution in [0.3, 0.4) is 0 Å². The van der Waals surface area contributed by atoms with E-state index in [0.717, 1.165) is 16.6 Å². The molecular formula is C12H6BrF3O2. The van der Waals surface area contributed by atoms with Gasteiger partial charge in [0.2, 0.25) is 5.76 Å². The molecule has 6 heteroatoms. The van der Waals surface area contributed by atoms with Crippen LogP contribution in [0.1, 0.15) is 5.76 Å². The summed E-state index contributed by atoms with van der Waals surface area (Å²) in [6.07, 6.45) is -4.68. The molecule has 0 N–H and O–H groups in total. The average Bonchev–Trinajstić information content (AvgIpc) is 2.28. The van der Waals surface area contributed by atoms with Gasteiger partial charge in [0.15, 0.2) is 0 Å². The average molecular weight is 319 g/mol. The molecule has 0 amide bonds. The van der Waals surface area contributed by atoms with E-state index in [0.29, 0.717) is 5.56 Å². The topological polar surface area (TPSA) is 30.2 Å². The van der Waals surface area contributed by atoms with Crippen molar-refractivity contribution in [1.29, 1.82) is 0 Å². The number of alkyl halides is 3. The van der Waals surface area contributed by atoms with Crippen molar-refractivity contribution in [3.8, 4) is 11.1 Å². The third-order valence-corrected chi connectivity index (χ3v) is 2.76. The van der Waals surface area contributed by atoms with E-state index < -0.39 is 17.6 Å². The second-order valence-electron chi connectivity index (χ2n) is 3.53. The molecule has 0 unspecified atom stereocenters. The van der Waals surface area contributed by atoms with Crippen LogP contribution in [0.2, 0.25) is 0 Å². The van der Waals surface area contributed by atoms with Crippen molar-refractivity contribution in [2.45, 2.75) is 6.18 Å². The molecule has 0 spiro atoms. The molecule has 0 aliphatic heterocycles. The number of hydrogen-bond acceptors (Lipinski definition) is 2. The lowest BCUT2D eigenvalue weighted by molar-refractivity contribution is -0.154. The molecule has 0 aliphatic carbocycles. The summed E-state index contributed by atoms with van der Waals surface area (Å²) in [5, 5.41) is 0. The molecule has 2 nitrogen and oxygen atoms in total. The van der Waals surface area contributed by atoms with Crippen LogP contribution in [-0.2, 0) is 6.18 Å². The first-order valence-electron chi connectivity index (χ1n) is 4.84. The van der Waals surface area contributed by atoms with E-state index >= 15 is 0 Å². The van der Waals surface area contributed by atoms with E-state index in [1.165, 1.54) is 0 Å². The lowest BCUT2D eigenvalue weighted by Crippen LogP contribution is -2.10. The molecule has 0 atom stereocenters. The van der Waals surface area contributed by atoms with Crippen LogP contribution < -0.4 is 5.63 Å². The SMILES string of the molecule is O=c1cc(-c2ccc(Br)cc2)cc(C(F)(F)F)o1. The Bertz CT molecular complexity index is 614. The van der Waals surface area contributed by atoms with Gasteiger partial charge in [-0.2, -0.15) is 13.2 Å². The van der Waals surface area contributed by atoms with Crippen molar-refractivity contribution < 1.29 is 17.6 Å². The largest absolute Gasteiger partial charge is 0.449 e. The van der Waals surface area contributed by atoms with Crippen molar-refractivity contribution in [1.82, 2.24) is 0 Å². The highest BCUT2D eigenvalue weighted by atomic mass is 79.9. The predicted molar refractivity (Wildman–Crippen MR) is 63.1 cm³/mol. The van der Waals surface area contributed by atoms with Crippen molar-refractivity contribution in [2.24, 2.45) is 0 Å². The summed E-state index contributed by atoms with van der Waals surface area (Å²) >= 11 is 3.22. The number of halogens is 4. The Morgan fingerprint density at radius 1 is 1.00 bits per heavy atom. The Hall–Kier alpha value is -1.56. The van der Waals surface area contributed by atoms with E-state index in [-0.39, 0.29) is 5.56 Å². The molecule has 2 rings (SSSR count). The maximum absolute atomic E-state index is 12.5. The first kappa shape index (κ1) is 12.9. The third-order valence-electron chi connectivity index (χ3n) is 2.23. The van der Waals surface area contributed by atoms with E-state index in [2.05, 4.69) is 20.3 Å². The molecule has 94 valence electrons. The van der Waals surface area contributed by atoms with Gasteiger partial charge in [-0.05, 0) is 29.3 Å². The van der Waals surface area contributed by atoms with Crippen LogP contribution in [0.4, 0.5) is 13.2 Å². The molecule has 18 heavy (non-hydrogen) atoms. The Kier molecular flexibility index (Phi) is 3.30. The smallest absolute Gasteiger partial charge is 0.418 e. The number of benzene rings is 1. The molecule has 1 aromatic carbocycles. The molecular weight excluding hydrogens is 313 g/mol. The van der Waals surface area contributed by atoms with Crippen molar-refractivity contribution in [3.63, 3.8) is 0 Å². The van der Waals surface area contributed by atoms with Gasteiger partial charge in [0.05, 0.1) is 0 Å². The molecule has 0 aliphatic rings. The van der Waals surface area contributed by atoms with Gasteiger partial charge in [-0.25, -0.2) is 4.79 Å². The maximum Gasteiger partial charge on any atom is 0.449 e. The van der Waals surface area contributed by atoms with Gasteiger partial charge < -0.3 is 4.42 Å². The Morgan fingerprint density at radius 3 is 2.17 bits per heavy atom. The van der Waals surface area contributed by atoms with Gasteiger partial charge in [-0.15, -0.1) is 0 Å². The van der Waals surface area contributed by atoms with Gasteiger partial charge in [-0.3, -0.25) is 0 Å². The van der Waals surface area contributed by atoms with Gasteiger partial charge in [0.1, 0.15) is 0 Å². The zero-order chi connectivity index (χ0) is 13.3. The van der Waals surface area contributed by atoms with Gasteiger partial charge in [0, 0.05) is 10.5 Å². The number of hydrogen-bond donors (Lipinski definition) is 0. The fourth-order valence-electron chi connectivity index (χ4n) is 1.43. The molecule has 1 aromatic heterocycles. The lowest BCUT2D eigenvalue weighted by Gasteiger charge is -2.07. The summed E-state index contributed by atoms with van der Waals surface area (Å²) in [5.41, 5.74) is -0.342.